The van der Waals surface area contributed by atoms with Crippen LogP contribution in [0.3, 0.4) is 0 Å². The number of hydrogen-bond donors (Lipinski definition) is 0. The monoisotopic (exact) mass is 604 g/mol. The summed E-state index contributed by atoms with van der Waals surface area (Å²) >= 11 is 0. The molecule has 1 aliphatic heterocycles. The van der Waals surface area contributed by atoms with E-state index in [1.165, 1.54) is 66.5 Å². The predicted molar refractivity (Wildman–Crippen MR) is 194 cm³/mol. The zero-order valence-corrected chi connectivity index (χ0v) is 26.4. The van der Waals surface area contributed by atoms with Crippen molar-refractivity contribution in [3.05, 3.63) is 196 Å². The molecule has 6 aliphatic carbocycles. The molecule has 47 heavy (non-hydrogen) atoms. The second-order valence-corrected chi connectivity index (χ2v) is 13.7. The van der Waals surface area contributed by atoms with Crippen LogP contribution in [-0.4, -0.2) is 0 Å². The molecule has 4 atom stereocenters. The molecule has 10 rings (SSSR count). The van der Waals surface area contributed by atoms with Crippen LogP contribution in [0, 0.1) is 23.7 Å². The van der Waals surface area contributed by atoms with E-state index in [2.05, 4.69) is 146 Å². The summed E-state index contributed by atoms with van der Waals surface area (Å²) in [4.78, 5) is 0. The Balaban J connectivity index is 1.06. The number of benzene rings is 3. The van der Waals surface area contributed by atoms with Crippen molar-refractivity contribution in [2.24, 2.45) is 23.7 Å². The van der Waals surface area contributed by atoms with Crippen LogP contribution in [-0.2, 0) is 4.74 Å². The van der Waals surface area contributed by atoms with Crippen molar-refractivity contribution >= 4 is 16.3 Å². The lowest BCUT2D eigenvalue weighted by atomic mass is 9.65. The normalized spacial score (nSPS) is 26.7. The first-order valence-corrected chi connectivity index (χ1v) is 17.3. The average Bonchev–Trinajstić information content (AvgIpc) is 3.52. The third-order valence-electron chi connectivity index (χ3n) is 11.3. The van der Waals surface area contributed by atoms with Gasteiger partial charge in [-0.2, -0.15) is 0 Å². The zero-order valence-electron chi connectivity index (χ0n) is 26.4. The molecule has 0 saturated heterocycles. The van der Waals surface area contributed by atoms with Gasteiger partial charge in [0, 0.05) is 29.2 Å². The Kier molecular flexibility index (Phi) is 6.16. The number of rotatable bonds is 3. The van der Waals surface area contributed by atoms with Crippen molar-refractivity contribution in [2.75, 3.05) is 0 Å². The summed E-state index contributed by atoms with van der Waals surface area (Å²) in [7, 11) is 0. The van der Waals surface area contributed by atoms with Crippen LogP contribution < -0.4 is 0 Å². The third kappa shape index (κ3) is 4.22. The maximum absolute atomic E-state index is 6.62. The first-order valence-electron chi connectivity index (χ1n) is 17.3. The van der Waals surface area contributed by atoms with Crippen LogP contribution in [0.1, 0.15) is 31.2 Å². The minimum Gasteiger partial charge on any atom is -0.464 e. The molecule has 1 heterocycles. The van der Waals surface area contributed by atoms with Gasteiger partial charge in [-0.05, 0) is 92.7 Å². The van der Waals surface area contributed by atoms with Crippen LogP contribution >= 0.6 is 0 Å². The predicted octanol–water partition coefficient (Wildman–Crippen LogP) is 11.5. The summed E-state index contributed by atoms with van der Waals surface area (Å²) in [5.74, 6) is 3.64. The highest BCUT2D eigenvalue weighted by molar-refractivity contribution is 5.97. The van der Waals surface area contributed by atoms with Crippen molar-refractivity contribution in [3.63, 3.8) is 0 Å². The highest BCUT2D eigenvalue weighted by atomic mass is 16.5. The molecular weight excluding hydrogens is 569 g/mol. The van der Waals surface area contributed by atoms with E-state index in [-0.39, 0.29) is 5.92 Å². The first-order chi connectivity index (χ1) is 23.3. The zero-order chi connectivity index (χ0) is 30.9. The molecule has 226 valence electrons. The smallest absolute Gasteiger partial charge is 0.115 e. The van der Waals surface area contributed by atoms with E-state index in [1.54, 1.807) is 0 Å². The number of allylic oxidation sites excluding steroid dienone is 20. The van der Waals surface area contributed by atoms with Gasteiger partial charge in [0.05, 0.1) is 0 Å². The van der Waals surface area contributed by atoms with Crippen LogP contribution in [0.15, 0.2) is 191 Å². The molecular formula is C46H36O. The van der Waals surface area contributed by atoms with E-state index >= 15 is 0 Å². The largest absolute Gasteiger partial charge is 0.464 e. The Morgan fingerprint density at radius 3 is 2.53 bits per heavy atom. The second-order valence-electron chi connectivity index (χ2n) is 13.7. The summed E-state index contributed by atoms with van der Waals surface area (Å²) in [5.41, 5.74) is 14.2. The molecule has 0 N–H and O–H groups in total. The fourth-order valence-corrected chi connectivity index (χ4v) is 9.09. The van der Waals surface area contributed by atoms with Gasteiger partial charge in [-0.15, -0.1) is 0 Å². The van der Waals surface area contributed by atoms with Crippen molar-refractivity contribution in [3.8, 4) is 11.1 Å². The van der Waals surface area contributed by atoms with Crippen molar-refractivity contribution in [2.45, 2.75) is 25.7 Å². The van der Waals surface area contributed by atoms with E-state index in [1.807, 2.05) is 0 Å². The Hall–Kier alpha value is -5.14. The van der Waals surface area contributed by atoms with Gasteiger partial charge in [0.2, 0.25) is 0 Å². The summed E-state index contributed by atoms with van der Waals surface area (Å²) in [6, 6.07) is 24.8. The maximum Gasteiger partial charge on any atom is 0.115 e. The fourth-order valence-electron chi connectivity index (χ4n) is 9.09. The summed E-state index contributed by atoms with van der Waals surface area (Å²) < 4.78 is 6.62. The molecule has 3 aromatic rings. The molecule has 0 bridgehead atoms. The van der Waals surface area contributed by atoms with Crippen molar-refractivity contribution in [1.29, 1.82) is 0 Å². The average molecular weight is 605 g/mol. The molecule has 7 aliphatic rings. The minimum atomic E-state index is 0.288. The van der Waals surface area contributed by atoms with Crippen molar-refractivity contribution in [1.82, 2.24) is 0 Å². The highest BCUT2D eigenvalue weighted by Gasteiger charge is 2.42. The Labute approximate surface area is 277 Å². The fraction of sp³-hybridized carbons (Fsp3) is 0.174. The van der Waals surface area contributed by atoms with Crippen LogP contribution in [0.25, 0.3) is 27.5 Å². The molecule has 0 spiro atoms. The number of hydrogen-bond acceptors (Lipinski definition) is 1. The first kappa shape index (κ1) is 27.0. The van der Waals surface area contributed by atoms with Crippen LogP contribution in [0.4, 0.5) is 0 Å². The summed E-state index contributed by atoms with van der Waals surface area (Å²) in [5, 5.41) is 2.59. The van der Waals surface area contributed by atoms with Gasteiger partial charge in [0.15, 0.2) is 0 Å². The Bertz CT molecular complexity index is 2210. The van der Waals surface area contributed by atoms with Gasteiger partial charge in [-0.25, -0.2) is 0 Å². The van der Waals surface area contributed by atoms with E-state index in [9.17, 15) is 0 Å². The molecule has 1 nitrogen and oxygen atoms in total. The number of fused-ring (bicyclic) bond motifs is 7. The summed E-state index contributed by atoms with van der Waals surface area (Å²) in [6.45, 7) is 0. The second kappa shape index (κ2) is 10.7. The lowest BCUT2D eigenvalue weighted by Gasteiger charge is -2.38. The minimum absolute atomic E-state index is 0.288. The molecule has 0 amide bonds. The van der Waals surface area contributed by atoms with Gasteiger partial charge >= 0.3 is 0 Å². The van der Waals surface area contributed by atoms with Gasteiger partial charge < -0.3 is 4.74 Å². The lowest BCUT2D eigenvalue weighted by molar-refractivity contribution is 0.262. The van der Waals surface area contributed by atoms with Gasteiger partial charge in [0.1, 0.15) is 11.5 Å². The van der Waals surface area contributed by atoms with Gasteiger partial charge in [-0.3, -0.25) is 0 Å². The van der Waals surface area contributed by atoms with E-state index in [0.717, 1.165) is 37.2 Å². The van der Waals surface area contributed by atoms with E-state index < -0.39 is 0 Å². The van der Waals surface area contributed by atoms with Crippen LogP contribution in [0.5, 0.6) is 0 Å². The molecule has 3 aromatic carbocycles. The van der Waals surface area contributed by atoms with E-state index in [0.29, 0.717) is 17.8 Å². The Morgan fingerprint density at radius 1 is 0.702 bits per heavy atom. The Morgan fingerprint density at radius 2 is 1.57 bits per heavy atom. The topological polar surface area (TPSA) is 9.23 Å². The quantitative estimate of drug-likeness (QED) is 0.289. The van der Waals surface area contributed by atoms with Gasteiger partial charge in [0.25, 0.3) is 0 Å². The number of ether oxygens (including phenoxy) is 1. The summed E-state index contributed by atoms with van der Waals surface area (Å²) in [6.07, 6.45) is 34.4. The molecule has 0 radical (unpaired) electrons. The molecule has 0 fully saturated rings. The van der Waals surface area contributed by atoms with E-state index in [4.69, 9.17) is 4.74 Å². The SMILES string of the molecule is C1=CCC2C(=C1)C(C1=CC=C3OC4=C(C=CC5C=CC=CC45)C3C1)=C1C=CCCC1=C2c1ccc(-c2cccc3ccccc23)cc1. The molecule has 0 aromatic heterocycles. The third-order valence-corrected chi connectivity index (χ3v) is 11.3. The highest BCUT2D eigenvalue weighted by Crippen LogP contribution is 2.55. The molecule has 4 unspecified atom stereocenters. The van der Waals surface area contributed by atoms with Gasteiger partial charge in [-0.1, -0.05) is 140 Å². The maximum atomic E-state index is 6.62. The van der Waals surface area contributed by atoms with Crippen LogP contribution in [0.2, 0.25) is 0 Å². The molecule has 0 saturated carbocycles. The lowest BCUT2D eigenvalue weighted by Crippen LogP contribution is -2.22. The van der Waals surface area contributed by atoms with Crippen molar-refractivity contribution < 1.29 is 4.74 Å². The standard InChI is InChI=1S/C46H36O/c1-3-13-34-29(10-1)12-9-19-35(34)31-20-22-32(23-21-31)44-37-15-5-7-17-39(37)45(40-18-8-6-16-38(40)44)33-25-27-43-42(28-33)41-26-24-30-11-2-4-14-36(30)46(41)47-43/h1-5,7-14,17-27,30,36-37,42H,6,15-16,28H2. The molecule has 1 heteroatoms.